The summed E-state index contributed by atoms with van der Waals surface area (Å²) in [6.07, 6.45) is 0. The van der Waals surface area contributed by atoms with E-state index in [-0.39, 0.29) is 0 Å². The van der Waals surface area contributed by atoms with Crippen LogP contribution in [0.3, 0.4) is 0 Å². The summed E-state index contributed by atoms with van der Waals surface area (Å²) in [7, 11) is 0. The van der Waals surface area contributed by atoms with Crippen molar-refractivity contribution >= 4 is 0 Å². The van der Waals surface area contributed by atoms with Gasteiger partial charge in [-0.15, -0.1) is 5.10 Å². The van der Waals surface area contributed by atoms with Crippen LogP contribution in [0, 0.1) is 6.07 Å². The van der Waals surface area contributed by atoms with Crippen LogP contribution in [-0.2, 0) is 0 Å². The summed E-state index contributed by atoms with van der Waals surface area (Å²) in [6, 6.07) is 18.9. The number of nitrogens with one attached hydrogen (secondary N) is 1. The highest BCUT2D eigenvalue weighted by Gasteiger charge is 2.08. The van der Waals surface area contributed by atoms with Gasteiger partial charge >= 0.3 is 0 Å². The molecule has 1 radical (unpaired) electrons. The summed E-state index contributed by atoms with van der Waals surface area (Å²) in [5.74, 6) is 0.653. The molecule has 0 spiro atoms. The maximum absolute atomic E-state index is 3.94. The van der Waals surface area contributed by atoms with E-state index in [1.807, 2.05) is 36.4 Å². The minimum absolute atomic E-state index is 0.653. The Hall–Kier alpha value is -2.49. The molecule has 0 atom stereocenters. The average Bonchev–Trinajstić information content (AvgIpc) is 2.94. The zero-order valence-electron chi connectivity index (χ0n) is 8.96. The van der Waals surface area contributed by atoms with Gasteiger partial charge in [-0.25, -0.2) is 5.10 Å². The first-order valence-electron chi connectivity index (χ1n) is 5.25. The Labute approximate surface area is 98.3 Å². The Balaban J connectivity index is 2.18. The molecule has 81 valence electrons. The number of rotatable bonds is 2. The van der Waals surface area contributed by atoms with E-state index in [1.165, 1.54) is 0 Å². The second-order valence-corrected chi connectivity index (χ2v) is 3.59. The number of nitrogens with zero attached hydrogens (tertiary/aromatic N) is 3. The summed E-state index contributed by atoms with van der Waals surface area (Å²) in [4.78, 5) is 0. The Morgan fingerprint density at radius 2 is 1.88 bits per heavy atom. The molecule has 1 N–H and O–H groups in total. The van der Waals surface area contributed by atoms with Gasteiger partial charge in [0.15, 0.2) is 5.82 Å². The standard InChI is InChI=1S/C13H9N4/c1-2-6-10(7-3-1)11-8-4-5-9-12(11)13-14-16-17-15-13/h1-4,6-9H,(H,14,15,16,17). The van der Waals surface area contributed by atoms with Gasteiger partial charge in [0.05, 0.1) is 0 Å². The minimum atomic E-state index is 0.653. The smallest absolute Gasteiger partial charge is 0.180 e. The fourth-order valence-electron chi connectivity index (χ4n) is 1.77. The molecule has 0 saturated carbocycles. The topological polar surface area (TPSA) is 54.5 Å². The van der Waals surface area contributed by atoms with Gasteiger partial charge in [0.1, 0.15) is 0 Å². The van der Waals surface area contributed by atoms with E-state index in [1.54, 1.807) is 0 Å². The second kappa shape index (κ2) is 4.17. The lowest BCUT2D eigenvalue weighted by Crippen LogP contribution is -1.86. The van der Waals surface area contributed by atoms with Gasteiger partial charge in [0.2, 0.25) is 0 Å². The molecule has 0 saturated heterocycles. The van der Waals surface area contributed by atoms with Crippen LogP contribution in [0.15, 0.2) is 48.5 Å². The number of hydrogen-bond donors (Lipinski definition) is 1. The van der Waals surface area contributed by atoms with E-state index in [2.05, 4.69) is 38.8 Å². The molecule has 0 amide bonds. The first kappa shape index (κ1) is 9.72. The van der Waals surface area contributed by atoms with Crippen molar-refractivity contribution in [3.8, 4) is 22.5 Å². The molecule has 1 heterocycles. The molecule has 1 aromatic heterocycles. The third-order valence-electron chi connectivity index (χ3n) is 2.55. The zero-order chi connectivity index (χ0) is 11.5. The average molecular weight is 221 g/mol. The molecule has 3 aromatic rings. The van der Waals surface area contributed by atoms with E-state index in [9.17, 15) is 0 Å². The molecule has 0 bridgehead atoms. The van der Waals surface area contributed by atoms with Crippen molar-refractivity contribution < 1.29 is 0 Å². The Bertz CT molecular complexity index is 602. The molecule has 0 fully saturated rings. The second-order valence-electron chi connectivity index (χ2n) is 3.59. The Morgan fingerprint density at radius 1 is 1.00 bits per heavy atom. The van der Waals surface area contributed by atoms with Crippen molar-refractivity contribution in [1.29, 1.82) is 0 Å². The first-order chi connectivity index (χ1) is 8.45. The lowest BCUT2D eigenvalue weighted by Gasteiger charge is -2.05. The number of hydrogen-bond acceptors (Lipinski definition) is 3. The van der Waals surface area contributed by atoms with Gasteiger partial charge in [0, 0.05) is 5.56 Å². The van der Waals surface area contributed by atoms with Crippen molar-refractivity contribution in [2.45, 2.75) is 0 Å². The van der Waals surface area contributed by atoms with Gasteiger partial charge in [-0.2, -0.15) is 0 Å². The predicted molar refractivity (Wildman–Crippen MR) is 63.9 cm³/mol. The van der Waals surface area contributed by atoms with Crippen LogP contribution in [-0.4, -0.2) is 20.6 Å². The fourth-order valence-corrected chi connectivity index (χ4v) is 1.77. The zero-order valence-corrected chi connectivity index (χ0v) is 8.96. The molecule has 0 aliphatic rings. The summed E-state index contributed by atoms with van der Waals surface area (Å²) < 4.78 is 0. The molecule has 4 nitrogen and oxygen atoms in total. The van der Waals surface area contributed by atoms with E-state index in [0.29, 0.717) is 5.82 Å². The van der Waals surface area contributed by atoms with Crippen LogP contribution in [0.4, 0.5) is 0 Å². The normalized spacial score (nSPS) is 10.4. The summed E-state index contributed by atoms with van der Waals surface area (Å²) in [6.45, 7) is 0. The maximum Gasteiger partial charge on any atom is 0.180 e. The van der Waals surface area contributed by atoms with Crippen LogP contribution < -0.4 is 0 Å². The highest BCUT2D eigenvalue weighted by Crippen LogP contribution is 2.28. The number of benzene rings is 2. The SMILES string of the molecule is [c]1ccc(-c2ccccc2)c(-c2nnn[nH]2)c1. The number of H-pyrrole nitrogens is 1. The highest BCUT2D eigenvalue weighted by atomic mass is 15.5. The molecule has 0 aliphatic carbocycles. The van der Waals surface area contributed by atoms with E-state index in [0.717, 1.165) is 16.7 Å². The van der Waals surface area contributed by atoms with Crippen molar-refractivity contribution in [1.82, 2.24) is 20.6 Å². The van der Waals surface area contributed by atoms with Gasteiger partial charge in [0.25, 0.3) is 0 Å². The lowest BCUT2D eigenvalue weighted by atomic mass is 9.99. The van der Waals surface area contributed by atoms with Gasteiger partial charge in [-0.1, -0.05) is 42.5 Å². The van der Waals surface area contributed by atoms with Crippen LogP contribution in [0.25, 0.3) is 22.5 Å². The molecule has 3 rings (SSSR count). The molecule has 4 heteroatoms. The van der Waals surface area contributed by atoms with Crippen molar-refractivity contribution in [2.24, 2.45) is 0 Å². The summed E-state index contributed by atoms with van der Waals surface area (Å²) >= 11 is 0. The third-order valence-corrected chi connectivity index (χ3v) is 2.55. The summed E-state index contributed by atoms with van der Waals surface area (Å²) in [5, 5.41) is 13.9. The van der Waals surface area contributed by atoms with E-state index >= 15 is 0 Å². The van der Waals surface area contributed by atoms with Gasteiger partial charge in [-0.05, 0) is 33.7 Å². The van der Waals surface area contributed by atoms with Crippen molar-refractivity contribution in [2.75, 3.05) is 0 Å². The van der Waals surface area contributed by atoms with Crippen LogP contribution in [0.1, 0.15) is 0 Å². The van der Waals surface area contributed by atoms with Crippen LogP contribution in [0.5, 0.6) is 0 Å². The largest absolute Gasteiger partial charge is 0.239 e. The van der Waals surface area contributed by atoms with Crippen LogP contribution >= 0.6 is 0 Å². The van der Waals surface area contributed by atoms with Crippen LogP contribution in [0.2, 0.25) is 0 Å². The molecule has 2 aromatic carbocycles. The summed E-state index contributed by atoms with van der Waals surface area (Å²) in [5.41, 5.74) is 3.17. The predicted octanol–water partition coefficient (Wildman–Crippen LogP) is 2.33. The Kier molecular flexibility index (Phi) is 2.38. The molecular weight excluding hydrogens is 212 g/mol. The van der Waals surface area contributed by atoms with E-state index in [4.69, 9.17) is 0 Å². The lowest BCUT2D eigenvalue weighted by molar-refractivity contribution is 0.881. The molecule has 0 unspecified atom stereocenters. The third kappa shape index (κ3) is 1.80. The van der Waals surface area contributed by atoms with Gasteiger partial charge in [-0.3, -0.25) is 0 Å². The maximum atomic E-state index is 3.94. The van der Waals surface area contributed by atoms with Gasteiger partial charge < -0.3 is 0 Å². The first-order valence-corrected chi connectivity index (χ1v) is 5.25. The number of tetrazole rings is 1. The number of aromatic nitrogens is 4. The molecular formula is C13H9N4. The van der Waals surface area contributed by atoms with E-state index < -0.39 is 0 Å². The van der Waals surface area contributed by atoms with Crippen molar-refractivity contribution in [3.63, 3.8) is 0 Å². The Morgan fingerprint density at radius 3 is 2.65 bits per heavy atom. The van der Waals surface area contributed by atoms with Crippen molar-refractivity contribution in [3.05, 3.63) is 54.6 Å². The highest BCUT2D eigenvalue weighted by molar-refractivity contribution is 5.79. The molecule has 0 aliphatic heterocycles. The fraction of sp³-hybridized carbons (Fsp3) is 0. The quantitative estimate of drug-likeness (QED) is 0.722. The monoisotopic (exact) mass is 221 g/mol. The molecule has 17 heavy (non-hydrogen) atoms. The minimum Gasteiger partial charge on any atom is -0.239 e. The number of aromatic amines is 1.